The second-order valence-corrected chi connectivity index (χ2v) is 6.72. The number of carboxylic acid groups (broad SMARTS) is 1. The Morgan fingerprint density at radius 1 is 1.41 bits per heavy atom. The molecule has 0 radical (unpaired) electrons. The number of rotatable bonds is 5. The van der Waals surface area contributed by atoms with Crippen molar-refractivity contribution in [3.05, 3.63) is 52.7 Å². The van der Waals surface area contributed by atoms with Crippen LogP contribution in [0.4, 0.5) is 11.4 Å². The minimum absolute atomic E-state index is 0.132. The highest BCUT2D eigenvalue weighted by atomic mass is 16.4. The number of piperidine rings is 1. The molecule has 0 unspecified atom stereocenters. The van der Waals surface area contributed by atoms with Crippen LogP contribution in [0, 0.1) is 12.8 Å². The predicted octanol–water partition coefficient (Wildman–Crippen LogP) is 1.49. The maximum absolute atomic E-state index is 12.8. The van der Waals surface area contributed by atoms with Crippen LogP contribution in [0.15, 0.2) is 41.6 Å². The van der Waals surface area contributed by atoms with Crippen molar-refractivity contribution in [3.63, 3.8) is 0 Å². The lowest BCUT2D eigenvalue weighted by atomic mass is 9.96. The van der Waals surface area contributed by atoms with Gasteiger partial charge >= 0.3 is 5.97 Å². The predicted molar refractivity (Wildman–Crippen MR) is 101 cm³/mol. The average molecular weight is 370 g/mol. The van der Waals surface area contributed by atoms with Crippen LogP contribution in [-0.2, 0) is 16.1 Å². The molecule has 0 bridgehead atoms. The molecule has 2 aromatic heterocycles. The Hall–Kier alpha value is -3.16. The van der Waals surface area contributed by atoms with E-state index >= 15 is 0 Å². The van der Waals surface area contributed by atoms with Gasteiger partial charge in [-0.15, -0.1) is 0 Å². The highest BCUT2D eigenvalue weighted by molar-refractivity contribution is 5.93. The van der Waals surface area contributed by atoms with E-state index in [0.29, 0.717) is 17.8 Å². The number of pyridine rings is 2. The summed E-state index contributed by atoms with van der Waals surface area (Å²) in [6, 6.07) is 5.18. The molecule has 1 aliphatic heterocycles. The summed E-state index contributed by atoms with van der Waals surface area (Å²) < 4.78 is 1.08. The molecule has 0 saturated carbocycles. The normalized spacial score (nSPS) is 16.8. The van der Waals surface area contributed by atoms with Crippen molar-refractivity contribution in [1.82, 2.24) is 9.55 Å². The van der Waals surface area contributed by atoms with Crippen LogP contribution < -0.4 is 15.8 Å². The van der Waals surface area contributed by atoms with E-state index in [2.05, 4.69) is 15.2 Å². The molecule has 2 aromatic rings. The van der Waals surface area contributed by atoms with Gasteiger partial charge in [-0.25, -0.2) is 0 Å². The van der Waals surface area contributed by atoms with Gasteiger partial charge in [0.25, 0.3) is 5.56 Å². The number of anilines is 2. The molecular weight excluding hydrogens is 348 g/mol. The Bertz CT molecular complexity index is 894. The highest BCUT2D eigenvalue weighted by Gasteiger charge is 2.26. The van der Waals surface area contributed by atoms with E-state index < -0.39 is 18.1 Å². The van der Waals surface area contributed by atoms with Crippen molar-refractivity contribution in [2.24, 2.45) is 5.92 Å². The second kappa shape index (κ2) is 8.03. The molecule has 1 saturated heterocycles. The summed E-state index contributed by atoms with van der Waals surface area (Å²) in [7, 11) is 0. The Morgan fingerprint density at radius 2 is 2.22 bits per heavy atom. The summed E-state index contributed by atoms with van der Waals surface area (Å²) >= 11 is 0. The van der Waals surface area contributed by atoms with Gasteiger partial charge in [0.2, 0.25) is 5.91 Å². The zero-order valence-corrected chi connectivity index (χ0v) is 15.1. The standard InChI is InChI=1S/C19H22N4O4/c1-13-8-17(24)23(12-18(25)26)11-16(13)21-19(27)14-4-3-7-22(10-14)15-5-2-6-20-9-15/h2,5-6,8-9,11,14H,3-4,7,10,12H2,1H3,(H,21,27)(H,25,26)/t14-/m1/s1. The van der Waals surface area contributed by atoms with Gasteiger partial charge in [-0.2, -0.15) is 0 Å². The van der Waals surface area contributed by atoms with Crippen LogP contribution in [0.5, 0.6) is 0 Å². The van der Waals surface area contributed by atoms with E-state index in [0.717, 1.165) is 29.6 Å². The Kier molecular flexibility index (Phi) is 5.54. The molecule has 8 heteroatoms. The number of hydrogen-bond acceptors (Lipinski definition) is 5. The summed E-state index contributed by atoms with van der Waals surface area (Å²) in [6.07, 6.45) is 6.56. The first kappa shape index (κ1) is 18.6. The van der Waals surface area contributed by atoms with Gasteiger partial charge in [0.05, 0.1) is 23.5 Å². The third-order valence-corrected chi connectivity index (χ3v) is 4.70. The molecule has 27 heavy (non-hydrogen) atoms. The number of carbonyl (C=O) groups excluding carboxylic acids is 1. The molecule has 3 rings (SSSR count). The highest BCUT2D eigenvalue weighted by Crippen LogP contribution is 2.24. The zero-order valence-electron chi connectivity index (χ0n) is 15.1. The van der Waals surface area contributed by atoms with Crippen LogP contribution in [0.3, 0.4) is 0 Å². The Labute approximate surface area is 156 Å². The van der Waals surface area contributed by atoms with E-state index in [4.69, 9.17) is 5.11 Å². The topological polar surface area (TPSA) is 105 Å². The van der Waals surface area contributed by atoms with E-state index in [1.807, 2.05) is 12.1 Å². The van der Waals surface area contributed by atoms with Gasteiger partial charge in [0, 0.05) is 31.5 Å². The van der Waals surface area contributed by atoms with E-state index in [9.17, 15) is 14.4 Å². The lowest BCUT2D eigenvalue weighted by Gasteiger charge is -2.33. The fourth-order valence-corrected chi connectivity index (χ4v) is 3.27. The third kappa shape index (κ3) is 4.52. The first-order valence-electron chi connectivity index (χ1n) is 8.83. The van der Waals surface area contributed by atoms with Crippen molar-refractivity contribution in [3.8, 4) is 0 Å². The minimum atomic E-state index is -1.11. The summed E-state index contributed by atoms with van der Waals surface area (Å²) in [5.41, 5.74) is 1.64. The SMILES string of the molecule is Cc1cc(=O)n(CC(=O)O)cc1NC(=O)[C@@H]1CCCN(c2cccnc2)C1. The number of aromatic nitrogens is 2. The number of nitrogens with zero attached hydrogens (tertiary/aromatic N) is 3. The molecule has 1 fully saturated rings. The van der Waals surface area contributed by atoms with Gasteiger partial charge in [-0.3, -0.25) is 19.4 Å². The monoisotopic (exact) mass is 370 g/mol. The maximum Gasteiger partial charge on any atom is 0.323 e. The van der Waals surface area contributed by atoms with Crippen LogP contribution in [0.25, 0.3) is 0 Å². The number of aliphatic carboxylic acids is 1. The fourth-order valence-electron chi connectivity index (χ4n) is 3.27. The molecular formula is C19H22N4O4. The Balaban J connectivity index is 1.73. The molecule has 1 amide bonds. The summed E-state index contributed by atoms with van der Waals surface area (Å²) in [6.45, 7) is 2.73. The summed E-state index contributed by atoms with van der Waals surface area (Å²) in [5.74, 6) is -1.44. The summed E-state index contributed by atoms with van der Waals surface area (Å²) in [4.78, 5) is 41.8. The Morgan fingerprint density at radius 3 is 2.93 bits per heavy atom. The van der Waals surface area contributed by atoms with Crippen LogP contribution in [0.1, 0.15) is 18.4 Å². The molecule has 0 aromatic carbocycles. The van der Waals surface area contributed by atoms with Gasteiger partial charge in [-0.05, 0) is 37.5 Å². The van der Waals surface area contributed by atoms with Crippen molar-refractivity contribution < 1.29 is 14.7 Å². The first-order valence-corrected chi connectivity index (χ1v) is 8.83. The van der Waals surface area contributed by atoms with Crippen molar-refractivity contribution in [2.45, 2.75) is 26.3 Å². The van der Waals surface area contributed by atoms with E-state index in [1.54, 1.807) is 19.3 Å². The first-order chi connectivity index (χ1) is 12.9. The average Bonchev–Trinajstić information content (AvgIpc) is 2.66. The number of aryl methyl sites for hydroxylation is 1. The minimum Gasteiger partial charge on any atom is -0.480 e. The van der Waals surface area contributed by atoms with E-state index in [-0.39, 0.29) is 11.8 Å². The third-order valence-electron chi connectivity index (χ3n) is 4.70. The van der Waals surface area contributed by atoms with E-state index in [1.165, 1.54) is 12.3 Å². The van der Waals surface area contributed by atoms with Gasteiger partial charge in [0.15, 0.2) is 0 Å². The zero-order chi connectivity index (χ0) is 19.4. The second-order valence-electron chi connectivity index (χ2n) is 6.72. The molecule has 3 heterocycles. The largest absolute Gasteiger partial charge is 0.480 e. The summed E-state index contributed by atoms with van der Waals surface area (Å²) in [5, 5.41) is 11.8. The fraction of sp³-hybridized carbons (Fsp3) is 0.368. The van der Waals surface area contributed by atoms with Gasteiger partial charge in [-0.1, -0.05) is 0 Å². The number of hydrogen-bond donors (Lipinski definition) is 2. The van der Waals surface area contributed by atoms with Gasteiger partial charge < -0.3 is 19.9 Å². The van der Waals surface area contributed by atoms with Gasteiger partial charge in [0.1, 0.15) is 6.54 Å². The van der Waals surface area contributed by atoms with Crippen LogP contribution in [-0.4, -0.2) is 39.6 Å². The quantitative estimate of drug-likeness (QED) is 0.826. The molecule has 8 nitrogen and oxygen atoms in total. The van der Waals surface area contributed by atoms with Crippen molar-refractivity contribution in [1.29, 1.82) is 0 Å². The van der Waals surface area contributed by atoms with Crippen molar-refractivity contribution >= 4 is 23.3 Å². The van der Waals surface area contributed by atoms with Crippen LogP contribution >= 0.6 is 0 Å². The van der Waals surface area contributed by atoms with Crippen molar-refractivity contribution in [2.75, 3.05) is 23.3 Å². The lowest BCUT2D eigenvalue weighted by Crippen LogP contribution is -2.41. The smallest absolute Gasteiger partial charge is 0.323 e. The number of carbonyl (C=O) groups is 2. The number of amides is 1. The molecule has 0 spiro atoms. The number of nitrogens with one attached hydrogen (secondary N) is 1. The molecule has 1 atom stereocenters. The lowest BCUT2D eigenvalue weighted by molar-refractivity contribution is -0.137. The maximum atomic E-state index is 12.8. The number of carboxylic acids is 1. The molecule has 0 aliphatic carbocycles. The van der Waals surface area contributed by atoms with Crippen LogP contribution in [0.2, 0.25) is 0 Å². The molecule has 142 valence electrons. The molecule has 1 aliphatic rings. The molecule has 2 N–H and O–H groups in total.